The first kappa shape index (κ1) is 11.9. The molecule has 0 aromatic rings. The predicted octanol–water partition coefficient (Wildman–Crippen LogP) is 3.34. The molecule has 1 nitrogen and oxygen atoms in total. The highest BCUT2D eigenvalue weighted by molar-refractivity contribution is 4.96. The number of halogens is 2. The fourth-order valence-corrected chi connectivity index (χ4v) is 2.16. The number of alkyl halides is 2. The van der Waals surface area contributed by atoms with Crippen molar-refractivity contribution in [1.29, 1.82) is 0 Å². The Balaban J connectivity index is 2.35. The lowest BCUT2D eigenvalue weighted by molar-refractivity contribution is -0.0985. The number of nitrogens with one attached hydrogen (secondary N) is 1. The molecule has 1 atom stereocenters. The van der Waals surface area contributed by atoms with Crippen LogP contribution >= 0.6 is 0 Å². The van der Waals surface area contributed by atoms with Gasteiger partial charge in [0.15, 0.2) is 0 Å². The van der Waals surface area contributed by atoms with Crippen molar-refractivity contribution in [3.05, 3.63) is 0 Å². The molecule has 1 unspecified atom stereocenters. The molecule has 0 saturated heterocycles. The second kappa shape index (κ2) is 4.13. The molecule has 1 saturated carbocycles. The number of hydrogen-bond acceptors (Lipinski definition) is 1. The van der Waals surface area contributed by atoms with Crippen LogP contribution in [0.5, 0.6) is 0 Å². The van der Waals surface area contributed by atoms with E-state index in [0.717, 1.165) is 19.3 Å². The molecule has 1 fully saturated rings. The molecule has 0 heterocycles. The highest BCUT2D eigenvalue weighted by Gasteiger charge is 2.46. The van der Waals surface area contributed by atoms with Crippen molar-refractivity contribution in [3.8, 4) is 0 Å². The minimum absolute atomic E-state index is 0.0201. The van der Waals surface area contributed by atoms with Gasteiger partial charge in [0, 0.05) is 24.4 Å². The zero-order valence-corrected chi connectivity index (χ0v) is 9.37. The molecule has 0 spiro atoms. The van der Waals surface area contributed by atoms with Crippen LogP contribution in [-0.2, 0) is 0 Å². The first-order valence-electron chi connectivity index (χ1n) is 5.56. The molecular weight excluding hydrogens is 184 g/mol. The molecule has 14 heavy (non-hydrogen) atoms. The molecule has 0 amide bonds. The first-order chi connectivity index (χ1) is 6.41. The molecule has 0 aromatic heterocycles. The van der Waals surface area contributed by atoms with E-state index in [1.807, 2.05) is 0 Å². The van der Waals surface area contributed by atoms with Crippen LogP contribution in [0.25, 0.3) is 0 Å². The zero-order valence-electron chi connectivity index (χ0n) is 9.37. The van der Waals surface area contributed by atoms with Crippen molar-refractivity contribution in [2.45, 2.75) is 70.4 Å². The third-order valence-corrected chi connectivity index (χ3v) is 3.22. The predicted molar refractivity (Wildman–Crippen MR) is 54.7 cm³/mol. The minimum Gasteiger partial charge on any atom is -0.308 e. The molecule has 0 aromatic carbocycles. The Morgan fingerprint density at radius 3 is 2.29 bits per heavy atom. The molecule has 84 valence electrons. The van der Waals surface area contributed by atoms with Gasteiger partial charge in [0.05, 0.1) is 0 Å². The van der Waals surface area contributed by atoms with Gasteiger partial charge in [-0.2, -0.15) is 0 Å². The fraction of sp³-hybridized carbons (Fsp3) is 1.00. The van der Waals surface area contributed by atoms with Crippen LogP contribution in [-0.4, -0.2) is 17.5 Å². The molecule has 1 aliphatic carbocycles. The van der Waals surface area contributed by atoms with Gasteiger partial charge >= 0.3 is 0 Å². The van der Waals surface area contributed by atoms with Crippen LogP contribution in [0.3, 0.4) is 0 Å². The summed E-state index contributed by atoms with van der Waals surface area (Å²) in [6, 6.07) is 0.0292. The van der Waals surface area contributed by atoms with Crippen molar-refractivity contribution in [2.75, 3.05) is 0 Å². The Morgan fingerprint density at radius 2 is 1.93 bits per heavy atom. The van der Waals surface area contributed by atoms with E-state index in [-0.39, 0.29) is 24.4 Å². The topological polar surface area (TPSA) is 12.0 Å². The Bertz CT molecular complexity index is 186. The van der Waals surface area contributed by atoms with Gasteiger partial charge in [-0.1, -0.05) is 20.3 Å². The summed E-state index contributed by atoms with van der Waals surface area (Å²) in [6.07, 6.45) is 3.20. The van der Waals surface area contributed by atoms with E-state index in [4.69, 9.17) is 0 Å². The monoisotopic (exact) mass is 205 g/mol. The smallest absolute Gasteiger partial charge is 0.251 e. The number of rotatable bonds is 5. The molecule has 1 N–H and O–H groups in total. The summed E-state index contributed by atoms with van der Waals surface area (Å²) >= 11 is 0. The Labute approximate surface area is 85.3 Å². The molecule has 1 rings (SSSR count). The number of hydrogen-bond donors (Lipinski definition) is 1. The van der Waals surface area contributed by atoms with E-state index in [2.05, 4.69) is 26.1 Å². The van der Waals surface area contributed by atoms with E-state index >= 15 is 0 Å². The summed E-state index contributed by atoms with van der Waals surface area (Å²) < 4.78 is 25.2. The summed E-state index contributed by atoms with van der Waals surface area (Å²) in [7, 11) is 0. The minimum atomic E-state index is -2.40. The molecular formula is C11H21F2N. The van der Waals surface area contributed by atoms with Gasteiger partial charge in [0.2, 0.25) is 0 Å². The van der Waals surface area contributed by atoms with E-state index in [9.17, 15) is 8.78 Å². The van der Waals surface area contributed by atoms with Crippen molar-refractivity contribution < 1.29 is 8.78 Å². The largest absolute Gasteiger partial charge is 0.308 e. The van der Waals surface area contributed by atoms with E-state index in [1.54, 1.807) is 0 Å². The van der Waals surface area contributed by atoms with Gasteiger partial charge in [-0.15, -0.1) is 0 Å². The molecule has 0 radical (unpaired) electrons. The summed E-state index contributed by atoms with van der Waals surface area (Å²) in [5.74, 6) is -2.40. The average Bonchev–Trinajstić information content (AvgIpc) is 2.01. The third kappa shape index (κ3) is 2.91. The molecule has 0 aliphatic heterocycles. The maximum absolute atomic E-state index is 12.6. The summed E-state index contributed by atoms with van der Waals surface area (Å²) in [6.45, 7) is 6.37. The lowest BCUT2D eigenvalue weighted by Crippen LogP contribution is -2.56. The lowest BCUT2D eigenvalue weighted by Gasteiger charge is -2.42. The highest BCUT2D eigenvalue weighted by atomic mass is 19.3. The normalized spacial score (nSPS) is 25.5. The van der Waals surface area contributed by atoms with Crippen LogP contribution in [0.2, 0.25) is 0 Å². The Hall–Kier alpha value is -0.180. The quantitative estimate of drug-likeness (QED) is 0.725. The second-order valence-electron chi connectivity index (χ2n) is 4.77. The fourth-order valence-electron chi connectivity index (χ4n) is 2.16. The van der Waals surface area contributed by atoms with Crippen LogP contribution in [0.4, 0.5) is 8.78 Å². The SMILES string of the molecule is CCCC(C)(CC)NC1CC(F)(F)C1. The highest BCUT2D eigenvalue weighted by Crippen LogP contribution is 2.38. The van der Waals surface area contributed by atoms with Gasteiger partial charge in [-0.05, 0) is 19.8 Å². The van der Waals surface area contributed by atoms with Crippen molar-refractivity contribution in [2.24, 2.45) is 0 Å². The second-order valence-corrected chi connectivity index (χ2v) is 4.77. The van der Waals surface area contributed by atoms with Gasteiger partial charge in [-0.3, -0.25) is 0 Å². The van der Waals surface area contributed by atoms with Gasteiger partial charge < -0.3 is 5.32 Å². The van der Waals surface area contributed by atoms with E-state index < -0.39 is 5.92 Å². The summed E-state index contributed by atoms with van der Waals surface area (Å²) in [4.78, 5) is 0. The van der Waals surface area contributed by atoms with Crippen LogP contribution in [0, 0.1) is 0 Å². The molecule has 1 aliphatic rings. The van der Waals surface area contributed by atoms with Gasteiger partial charge in [0.25, 0.3) is 5.92 Å². The summed E-state index contributed by atoms with van der Waals surface area (Å²) in [5.41, 5.74) is 0.0515. The Morgan fingerprint density at radius 1 is 1.36 bits per heavy atom. The first-order valence-corrected chi connectivity index (χ1v) is 5.56. The van der Waals surface area contributed by atoms with E-state index in [0.29, 0.717) is 0 Å². The van der Waals surface area contributed by atoms with Crippen molar-refractivity contribution in [1.82, 2.24) is 5.32 Å². The average molecular weight is 205 g/mol. The van der Waals surface area contributed by atoms with Crippen LogP contribution in [0.1, 0.15) is 52.9 Å². The van der Waals surface area contributed by atoms with Gasteiger partial charge in [0.1, 0.15) is 0 Å². The third-order valence-electron chi connectivity index (χ3n) is 3.22. The maximum Gasteiger partial charge on any atom is 0.251 e. The van der Waals surface area contributed by atoms with Crippen molar-refractivity contribution >= 4 is 0 Å². The van der Waals surface area contributed by atoms with Crippen molar-refractivity contribution in [3.63, 3.8) is 0 Å². The van der Waals surface area contributed by atoms with Gasteiger partial charge in [-0.25, -0.2) is 8.78 Å². The lowest BCUT2D eigenvalue weighted by atomic mass is 9.83. The van der Waals surface area contributed by atoms with E-state index in [1.165, 1.54) is 0 Å². The zero-order chi connectivity index (χ0) is 10.8. The van der Waals surface area contributed by atoms with Crippen LogP contribution in [0.15, 0.2) is 0 Å². The molecule has 0 bridgehead atoms. The Kier molecular flexibility index (Phi) is 3.51. The maximum atomic E-state index is 12.6. The summed E-state index contributed by atoms with van der Waals surface area (Å²) in [5, 5.41) is 3.36. The van der Waals surface area contributed by atoms with Crippen LogP contribution < -0.4 is 5.32 Å². The molecule has 3 heteroatoms. The standard InChI is InChI=1S/C11H21F2N/c1-4-6-10(3,5-2)14-9-7-11(12,13)8-9/h9,14H,4-8H2,1-3H3.